The number of aliphatic hydroxyl groups is 1. The number of nitrogens with zero attached hydrogens (tertiary/aromatic N) is 1. The first kappa shape index (κ1) is 12.6. The second-order valence-electron chi connectivity index (χ2n) is 4.87. The molecule has 0 spiro atoms. The highest BCUT2D eigenvalue weighted by atomic mass is 32.1. The van der Waals surface area contributed by atoms with Gasteiger partial charge in [-0.1, -0.05) is 20.8 Å². The average Bonchev–Trinajstić information content (AvgIpc) is 2.50. The number of aromatic nitrogens is 1. The van der Waals surface area contributed by atoms with E-state index < -0.39 is 0 Å². The van der Waals surface area contributed by atoms with E-state index in [9.17, 15) is 5.11 Å². The van der Waals surface area contributed by atoms with E-state index in [-0.39, 0.29) is 11.5 Å². The minimum atomic E-state index is -0.314. The Balaban J connectivity index is 2.31. The zero-order valence-electron chi connectivity index (χ0n) is 9.87. The summed E-state index contributed by atoms with van der Waals surface area (Å²) in [5.74, 6) is 0. The van der Waals surface area contributed by atoms with Gasteiger partial charge in [-0.05, 0) is 12.3 Å². The van der Waals surface area contributed by atoms with Gasteiger partial charge in [-0.25, -0.2) is 4.98 Å². The van der Waals surface area contributed by atoms with Gasteiger partial charge >= 0.3 is 0 Å². The molecule has 0 bridgehead atoms. The fourth-order valence-corrected chi connectivity index (χ4v) is 1.87. The van der Waals surface area contributed by atoms with E-state index in [1.54, 1.807) is 11.3 Å². The molecule has 0 saturated carbocycles. The van der Waals surface area contributed by atoms with Crippen molar-refractivity contribution in [1.29, 1.82) is 0 Å². The molecular formula is C11H20N2OS. The summed E-state index contributed by atoms with van der Waals surface area (Å²) in [5.41, 5.74) is 2.88. The van der Waals surface area contributed by atoms with Crippen LogP contribution in [0.4, 0.5) is 0 Å². The van der Waals surface area contributed by atoms with Crippen LogP contribution in [0.5, 0.6) is 0 Å². The van der Waals surface area contributed by atoms with Gasteiger partial charge in [-0.3, -0.25) is 0 Å². The number of aryl methyl sites for hydroxylation is 1. The predicted molar refractivity (Wildman–Crippen MR) is 64.0 cm³/mol. The standard InChI is InChI=1S/C11H20N2OS/c1-8-9(15-7-13-8)5-12-6-10(14)11(2,3)4/h7,10,12,14H,5-6H2,1-4H3. The molecule has 0 aromatic carbocycles. The van der Waals surface area contributed by atoms with E-state index in [1.807, 2.05) is 33.2 Å². The molecule has 15 heavy (non-hydrogen) atoms. The fourth-order valence-electron chi connectivity index (χ4n) is 1.12. The summed E-state index contributed by atoms with van der Waals surface area (Å²) in [7, 11) is 0. The van der Waals surface area contributed by atoms with Gasteiger partial charge in [-0.2, -0.15) is 0 Å². The Kier molecular flexibility index (Phi) is 4.25. The molecule has 0 fully saturated rings. The quantitative estimate of drug-likeness (QED) is 0.828. The second-order valence-corrected chi connectivity index (χ2v) is 5.81. The van der Waals surface area contributed by atoms with Crippen molar-refractivity contribution < 1.29 is 5.11 Å². The van der Waals surface area contributed by atoms with Crippen molar-refractivity contribution >= 4 is 11.3 Å². The number of nitrogens with one attached hydrogen (secondary N) is 1. The minimum absolute atomic E-state index is 0.0598. The van der Waals surface area contributed by atoms with Crippen LogP contribution in [0, 0.1) is 12.3 Å². The van der Waals surface area contributed by atoms with Crippen LogP contribution in [-0.4, -0.2) is 22.7 Å². The van der Waals surface area contributed by atoms with E-state index in [0.717, 1.165) is 12.2 Å². The minimum Gasteiger partial charge on any atom is -0.391 e. The molecule has 86 valence electrons. The van der Waals surface area contributed by atoms with Gasteiger partial charge in [0.2, 0.25) is 0 Å². The Morgan fingerprint density at radius 2 is 2.20 bits per heavy atom. The van der Waals surface area contributed by atoms with Crippen molar-refractivity contribution in [3.63, 3.8) is 0 Å². The third-order valence-electron chi connectivity index (χ3n) is 2.47. The van der Waals surface area contributed by atoms with Crippen LogP contribution < -0.4 is 5.32 Å². The van der Waals surface area contributed by atoms with Crippen LogP contribution in [0.3, 0.4) is 0 Å². The van der Waals surface area contributed by atoms with Gasteiger partial charge in [0, 0.05) is 18.0 Å². The summed E-state index contributed by atoms with van der Waals surface area (Å²) in [4.78, 5) is 5.43. The molecule has 2 N–H and O–H groups in total. The Morgan fingerprint density at radius 3 is 2.67 bits per heavy atom. The summed E-state index contributed by atoms with van der Waals surface area (Å²) in [5, 5.41) is 13.1. The van der Waals surface area contributed by atoms with Crippen LogP contribution >= 0.6 is 11.3 Å². The van der Waals surface area contributed by atoms with Gasteiger partial charge in [0.05, 0.1) is 17.3 Å². The second kappa shape index (κ2) is 5.05. The SMILES string of the molecule is Cc1ncsc1CNCC(O)C(C)(C)C. The number of aliphatic hydroxyl groups excluding tert-OH is 1. The normalized spacial score (nSPS) is 14.2. The summed E-state index contributed by atoms with van der Waals surface area (Å²) < 4.78 is 0. The molecule has 1 rings (SSSR count). The molecule has 0 aliphatic carbocycles. The Morgan fingerprint density at radius 1 is 1.53 bits per heavy atom. The first-order valence-corrected chi connectivity index (χ1v) is 6.07. The van der Waals surface area contributed by atoms with Gasteiger partial charge in [0.15, 0.2) is 0 Å². The van der Waals surface area contributed by atoms with E-state index in [1.165, 1.54) is 4.88 Å². The maximum absolute atomic E-state index is 9.81. The summed E-state index contributed by atoms with van der Waals surface area (Å²) in [6, 6.07) is 0. The zero-order chi connectivity index (χ0) is 11.5. The molecule has 1 aromatic heterocycles. The molecular weight excluding hydrogens is 208 g/mol. The Hall–Kier alpha value is -0.450. The van der Waals surface area contributed by atoms with Crippen molar-refractivity contribution in [3.05, 3.63) is 16.1 Å². The zero-order valence-corrected chi connectivity index (χ0v) is 10.7. The third kappa shape index (κ3) is 3.89. The van der Waals surface area contributed by atoms with Crippen molar-refractivity contribution in [1.82, 2.24) is 10.3 Å². The van der Waals surface area contributed by atoms with Crippen LogP contribution in [0.1, 0.15) is 31.3 Å². The first-order valence-electron chi connectivity index (χ1n) is 5.19. The molecule has 1 heterocycles. The van der Waals surface area contributed by atoms with Crippen LogP contribution in [0.15, 0.2) is 5.51 Å². The van der Waals surface area contributed by atoms with Crippen molar-refractivity contribution in [3.8, 4) is 0 Å². The van der Waals surface area contributed by atoms with Crippen LogP contribution in [0.25, 0.3) is 0 Å². The molecule has 0 aliphatic heterocycles. The molecule has 0 aliphatic rings. The van der Waals surface area contributed by atoms with E-state index in [2.05, 4.69) is 10.3 Å². The summed E-state index contributed by atoms with van der Waals surface area (Å²) >= 11 is 1.65. The molecule has 1 atom stereocenters. The van der Waals surface area contributed by atoms with Crippen molar-refractivity contribution in [2.75, 3.05) is 6.54 Å². The maximum atomic E-state index is 9.81. The topological polar surface area (TPSA) is 45.2 Å². The first-order chi connectivity index (χ1) is 6.91. The smallest absolute Gasteiger partial charge is 0.0798 e. The molecule has 1 unspecified atom stereocenters. The monoisotopic (exact) mass is 228 g/mol. The highest BCUT2D eigenvalue weighted by molar-refractivity contribution is 7.09. The van der Waals surface area contributed by atoms with Crippen molar-refractivity contribution in [2.45, 2.75) is 40.3 Å². The number of hydrogen-bond donors (Lipinski definition) is 2. The fraction of sp³-hybridized carbons (Fsp3) is 0.727. The molecule has 0 saturated heterocycles. The number of hydrogen-bond acceptors (Lipinski definition) is 4. The van der Waals surface area contributed by atoms with Gasteiger partial charge in [-0.15, -0.1) is 11.3 Å². The lowest BCUT2D eigenvalue weighted by atomic mass is 9.89. The number of rotatable bonds is 4. The largest absolute Gasteiger partial charge is 0.391 e. The number of thiazole rings is 1. The van der Waals surface area contributed by atoms with Crippen LogP contribution in [0.2, 0.25) is 0 Å². The highest BCUT2D eigenvalue weighted by Crippen LogP contribution is 2.18. The third-order valence-corrected chi connectivity index (χ3v) is 3.40. The molecule has 0 amide bonds. The predicted octanol–water partition coefficient (Wildman–Crippen LogP) is 1.95. The highest BCUT2D eigenvalue weighted by Gasteiger charge is 2.21. The lowest BCUT2D eigenvalue weighted by Gasteiger charge is -2.25. The summed E-state index contributed by atoms with van der Waals surface area (Å²) in [6.45, 7) is 9.55. The summed E-state index contributed by atoms with van der Waals surface area (Å²) in [6.07, 6.45) is -0.314. The van der Waals surface area contributed by atoms with Gasteiger partial charge in [0.25, 0.3) is 0 Å². The van der Waals surface area contributed by atoms with Gasteiger partial charge < -0.3 is 10.4 Å². The Bertz CT molecular complexity index is 304. The maximum Gasteiger partial charge on any atom is 0.0798 e. The lowest BCUT2D eigenvalue weighted by Crippen LogP contribution is -2.36. The van der Waals surface area contributed by atoms with Crippen LogP contribution in [-0.2, 0) is 6.54 Å². The average molecular weight is 228 g/mol. The lowest BCUT2D eigenvalue weighted by molar-refractivity contribution is 0.0628. The molecule has 0 radical (unpaired) electrons. The molecule has 1 aromatic rings. The van der Waals surface area contributed by atoms with Crippen molar-refractivity contribution in [2.24, 2.45) is 5.41 Å². The van der Waals surface area contributed by atoms with E-state index in [0.29, 0.717) is 6.54 Å². The molecule has 4 heteroatoms. The van der Waals surface area contributed by atoms with E-state index >= 15 is 0 Å². The van der Waals surface area contributed by atoms with E-state index in [4.69, 9.17) is 0 Å². The Labute approximate surface area is 95.6 Å². The molecule has 3 nitrogen and oxygen atoms in total. The van der Waals surface area contributed by atoms with Gasteiger partial charge in [0.1, 0.15) is 0 Å².